The lowest BCUT2D eigenvalue weighted by atomic mass is 10.1. The van der Waals surface area contributed by atoms with Crippen molar-refractivity contribution in [1.29, 1.82) is 0 Å². The third-order valence-corrected chi connectivity index (χ3v) is 5.46. The van der Waals surface area contributed by atoms with Gasteiger partial charge in [-0.05, 0) is 43.8 Å². The molecule has 2 N–H and O–H groups in total. The first-order valence-electron chi connectivity index (χ1n) is 10.6. The van der Waals surface area contributed by atoms with Gasteiger partial charge in [0, 0.05) is 43.0 Å². The van der Waals surface area contributed by atoms with Crippen molar-refractivity contribution in [3.05, 3.63) is 65.0 Å². The summed E-state index contributed by atoms with van der Waals surface area (Å²) < 4.78 is 39.4. The van der Waals surface area contributed by atoms with Gasteiger partial charge in [0.05, 0.1) is 6.54 Å². The molecule has 0 bridgehead atoms. The molecule has 3 rings (SSSR count). The van der Waals surface area contributed by atoms with E-state index in [9.17, 15) is 27.6 Å². The maximum absolute atomic E-state index is 14.9. The van der Waals surface area contributed by atoms with E-state index in [1.807, 2.05) is 32.2 Å². The van der Waals surface area contributed by atoms with E-state index >= 15 is 0 Å². The molecule has 34 heavy (non-hydrogen) atoms. The van der Waals surface area contributed by atoms with E-state index in [1.165, 1.54) is 17.0 Å². The standard InChI is InChI=1S/C23H26F3N5O3/c1-15-4-3-5-18(12-15)31(23(34)30-10-8-29(2)9-11-30)14-17-7-6-16(13-19(17)24)21(32)27-28-22(33)20(25)26/h3-7,12-13,20H,8-11,14H2,1-2H3,(H,27,32)(H,28,33). The number of hydrazine groups is 1. The Hall–Kier alpha value is -3.60. The SMILES string of the molecule is Cc1cccc(N(Cc2ccc(C(=O)NNC(=O)C(F)F)cc2F)C(=O)N2CCN(C)CC2)c1. The first-order chi connectivity index (χ1) is 16.2. The molecule has 1 fully saturated rings. The summed E-state index contributed by atoms with van der Waals surface area (Å²) in [6.07, 6.45) is -3.30. The molecule has 0 atom stereocenters. The summed E-state index contributed by atoms with van der Waals surface area (Å²) in [5.41, 5.74) is 4.89. The topological polar surface area (TPSA) is 85.0 Å². The van der Waals surface area contributed by atoms with Crippen molar-refractivity contribution >= 4 is 23.5 Å². The van der Waals surface area contributed by atoms with Crippen LogP contribution in [0.25, 0.3) is 0 Å². The number of urea groups is 1. The molecule has 1 aliphatic heterocycles. The van der Waals surface area contributed by atoms with E-state index in [0.717, 1.165) is 24.7 Å². The highest BCUT2D eigenvalue weighted by atomic mass is 19.3. The monoisotopic (exact) mass is 477 g/mol. The Morgan fingerprint density at radius 1 is 1.03 bits per heavy atom. The van der Waals surface area contributed by atoms with Crippen LogP contribution in [0, 0.1) is 12.7 Å². The second kappa shape index (κ2) is 11.0. The lowest BCUT2D eigenvalue weighted by Crippen LogP contribution is -2.52. The van der Waals surface area contributed by atoms with Crippen LogP contribution in [0.5, 0.6) is 0 Å². The van der Waals surface area contributed by atoms with Gasteiger partial charge in [0.2, 0.25) is 0 Å². The molecule has 1 heterocycles. The van der Waals surface area contributed by atoms with Gasteiger partial charge in [-0.1, -0.05) is 18.2 Å². The van der Waals surface area contributed by atoms with Gasteiger partial charge in [-0.3, -0.25) is 25.3 Å². The summed E-state index contributed by atoms with van der Waals surface area (Å²) in [6, 6.07) is 10.6. The number of hydrogen-bond acceptors (Lipinski definition) is 4. The number of nitrogens with zero attached hydrogens (tertiary/aromatic N) is 3. The first-order valence-corrected chi connectivity index (χ1v) is 10.6. The molecule has 0 aliphatic carbocycles. The molecule has 0 radical (unpaired) electrons. The van der Waals surface area contributed by atoms with Crippen molar-refractivity contribution in [3.8, 4) is 0 Å². The lowest BCUT2D eigenvalue weighted by Gasteiger charge is -2.36. The Morgan fingerprint density at radius 3 is 2.35 bits per heavy atom. The summed E-state index contributed by atoms with van der Waals surface area (Å²) >= 11 is 0. The summed E-state index contributed by atoms with van der Waals surface area (Å²) in [4.78, 5) is 41.6. The van der Waals surface area contributed by atoms with E-state index < -0.39 is 24.1 Å². The normalized spacial score (nSPS) is 14.1. The molecule has 1 saturated heterocycles. The van der Waals surface area contributed by atoms with E-state index in [2.05, 4.69) is 4.90 Å². The van der Waals surface area contributed by atoms with Gasteiger partial charge in [-0.2, -0.15) is 8.78 Å². The van der Waals surface area contributed by atoms with Crippen molar-refractivity contribution < 1.29 is 27.6 Å². The van der Waals surface area contributed by atoms with Gasteiger partial charge >= 0.3 is 18.4 Å². The maximum Gasteiger partial charge on any atom is 0.324 e. The quantitative estimate of drug-likeness (QED) is 0.649. The summed E-state index contributed by atoms with van der Waals surface area (Å²) in [5, 5.41) is 0. The molecule has 2 aromatic rings. The number of carbonyl (C=O) groups is 3. The number of rotatable bonds is 5. The van der Waals surface area contributed by atoms with Crippen LogP contribution in [0.3, 0.4) is 0 Å². The van der Waals surface area contributed by atoms with E-state index in [0.29, 0.717) is 18.8 Å². The lowest BCUT2D eigenvalue weighted by molar-refractivity contribution is -0.132. The van der Waals surface area contributed by atoms with Crippen LogP contribution in [0.1, 0.15) is 21.5 Å². The first kappa shape index (κ1) is 25.0. The number of carbonyl (C=O) groups excluding carboxylic acids is 3. The van der Waals surface area contributed by atoms with Crippen LogP contribution >= 0.6 is 0 Å². The number of likely N-dealkylation sites (N-methyl/N-ethyl adjacent to an activating group) is 1. The predicted molar refractivity (Wildman–Crippen MR) is 120 cm³/mol. The number of alkyl halides is 2. The number of nitrogens with one attached hydrogen (secondary N) is 2. The largest absolute Gasteiger partial charge is 0.324 e. The smallest absolute Gasteiger partial charge is 0.322 e. The van der Waals surface area contributed by atoms with E-state index in [-0.39, 0.29) is 23.7 Å². The van der Waals surface area contributed by atoms with Gasteiger partial charge in [0.25, 0.3) is 5.91 Å². The molecular formula is C23H26F3N5O3. The third-order valence-electron chi connectivity index (χ3n) is 5.46. The fraction of sp³-hybridized carbons (Fsp3) is 0.348. The zero-order valence-corrected chi connectivity index (χ0v) is 18.9. The highest BCUT2D eigenvalue weighted by Crippen LogP contribution is 2.23. The number of piperazine rings is 1. The number of anilines is 1. The number of amides is 4. The van der Waals surface area contributed by atoms with Crippen LogP contribution in [-0.4, -0.2) is 67.3 Å². The number of hydrogen-bond donors (Lipinski definition) is 2. The highest BCUT2D eigenvalue weighted by Gasteiger charge is 2.26. The van der Waals surface area contributed by atoms with Crippen molar-refractivity contribution in [3.63, 3.8) is 0 Å². The molecule has 1 aliphatic rings. The van der Waals surface area contributed by atoms with Crippen molar-refractivity contribution in [2.24, 2.45) is 0 Å². The molecular weight excluding hydrogens is 451 g/mol. The van der Waals surface area contributed by atoms with E-state index in [1.54, 1.807) is 21.8 Å². The minimum Gasteiger partial charge on any atom is -0.322 e. The van der Waals surface area contributed by atoms with Gasteiger partial charge in [0.1, 0.15) is 5.82 Å². The zero-order valence-electron chi connectivity index (χ0n) is 18.9. The Bertz CT molecular complexity index is 1060. The fourth-order valence-electron chi connectivity index (χ4n) is 3.47. The molecule has 4 amide bonds. The molecule has 11 heteroatoms. The maximum atomic E-state index is 14.9. The Balaban J connectivity index is 1.80. The molecule has 0 unspecified atom stereocenters. The minimum absolute atomic E-state index is 0.0789. The molecule has 0 spiro atoms. The molecule has 182 valence electrons. The van der Waals surface area contributed by atoms with Crippen LogP contribution in [-0.2, 0) is 11.3 Å². The predicted octanol–water partition coefficient (Wildman–Crippen LogP) is 2.53. The second-order valence-corrected chi connectivity index (χ2v) is 8.05. The molecule has 0 aromatic heterocycles. The van der Waals surface area contributed by atoms with Crippen LogP contribution in [0.2, 0.25) is 0 Å². The second-order valence-electron chi connectivity index (χ2n) is 8.05. The van der Waals surface area contributed by atoms with Crippen LogP contribution in [0.4, 0.5) is 23.7 Å². The van der Waals surface area contributed by atoms with Gasteiger partial charge in [0.15, 0.2) is 0 Å². The van der Waals surface area contributed by atoms with Crippen molar-refractivity contribution in [2.75, 3.05) is 38.1 Å². The minimum atomic E-state index is -3.30. The summed E-state index contributed by atoms with van der Waals surface area (Å²) in [6.45, 7) is 4.36. The number of aryl methyl sites for hydroxylation is 1. The Labute approximate surface area is 195 Å². The average Bonchev–Trinajstić information content (AvgIpc) is 2.81. The fourth-order valence-corrected chi connectivity index (χ4v) is 3.47. The van der Waals surface area contributed by atoms with Gasteiger partial charge in [-0.25, -0.2) is 9.18 Å². The van der Waals surface area contributed by atoms with E-state index in [4.69, 9.17) is 0 Å². The average molecular weight is 477 g/mol. The summed E-state index contributed by atoms with van der Waals surface area (Å²) in [7, 11) is 1.98. The van der Waals surface area contributed by atoms with Crippen molar-refractivity contribution in [1.82, 2.24) is 20.7 Å². The van der Waals surface area contributed by atoms with Crippen LogP contribution < -0.4 is 15.8 Å². The van der Waals surface area contributed by atoms with Gasteiger partial charge < -0.3 is 9.80 Å². The molecule has 8 nitrogen and oxygen atoms in total. The third kappa shape index (κ3) is 6.25. The Kier molecular flexibility index (Phi) is 8.11. The Morgan fingerprint density at radius 2 is 1.74 bits per heavy atom. The summed E-state index contributed by atoms with van der Waals surface area (Å²) in [5.74, 6) is -3.39. The molecule has 2 aromatic carbocycles. The number of benzene rings is 2. The molecule has 0 saturated carbocycles. The van der Waals surface area contributed by atoms with Gasteiger partial charge in [-0.15, -0.1) is 0 Å². The highest BCUT2D eigenvalue weighted by molar-refractivity contribution is 5.96. The van der Waals surface area contributed by atoms with Crippen molar-refractivity contribution in [2.45, 2.75) is 19.9 Å². The number of halogens is 3. The van der Waals surface area contributed by atoms with Crippen LogP contribution in [0.15, 0.2) is 42.5 Å². The zero-order chi connectivity index (χ0) is 24.8.